The van der Waals surface area contributed by atoms with Crippen molar-refractivity contribution in [3.05, 3.63) is 56.2 Å². The normalized spacial score (nSPS) is 14.0. The molecule has 2 heterocycles. The molecule has 1 aliphatic rings. The number of carbonyl (C=O) groups excluding carboxylic acids is 1. The number of aromatic amines is 1. The molecule has 1 aliphatic carbocycles. The number of thiophene rings is 1. The predicted octanol–water partition coefficient (Wildman–Crippen LogP) is 3.43. The van der Waals surface area contributed by atoms with Crippen molar-refractivity contribution < 1.29 is 13.9 Å². The summed E-state index contributed by atoms with van der Waals surface area (Å²) in [5, 5.41) is 3.56. The minimum Gasteiger partial charge on any atom is -0.494 e. The van der Waals surface area contributed by atoms with Gasteiger partial charge in [-0.1, -0.05) is 6.07 Å². The molecule has 3 aromatic rings. The molecule has 0 bridgehead atoms. The van der Waals surface area contributed by atoms with Crippen LogP contribution < -0.4 is 15.6 Å². The number of rotatable bonds is 6. The lowest BCUT2D eigenvalue weighted by atomic mass is 10.1. The summed E-state index contributed by atoms with van der Waals surface area (Å²) in [4.78, 5) is 34.2. The molecule has 2 N–H and O–H groups in total. The van der Waals surface area contributed by atoms with Crippen molar-refractivity contribution in [1.29, 1.82) is 0 Å². The van der Waals surface area contributed by atoms with Crippen LogP contribution in [0, 0.1) is 5.82 Å². The van der Waals surface area contributed by atoms with E-state index in [0.29, 0.717) is 23.2 Å². The zero-order valence-electron chi connectivity index (χ0n) is 16.3. The molecule has 0 fully saturated rings. The predicted molar refractivity (Wildman–Crippen MR) is 110 cm³/mol. The van der Waals surface area contributed by atoms with Gasteiger partial charge >= 0.3 is 0 Å². The van der Waals surface area contributed by atoms with Gasteiger partial charge in [0.15, 0.2) is 11.6 Å². The molecule has 0 saturated carbocycles. The second-order valence-electron chi connectivity index (χ2n) is 7.23. The van der Waals surface area contributed by atoms with E-state index in [-0.39, 0.29) is 29.7 Å². The van der Waals surface area contributed by atoms with Gasteiger partial charge < -0.3 is 15.0 Å². The Morgan fingerprint density at radius 3 is 3.00 bits per heavy atom. The van der Waals surface area contributed by atoms with Crippen molar-refractivity contribution in [2.24, 2.45) is 0 Å². The first-order valence-corrected chi connectivity index (χ1v) is 10.4. The smallest absolute Gasteiger partial charge is 0.259 e. The monoisotopic (exact) mass is 415 g/mol. The zero-order chi connectivity index (χ0) is 20.5. The molecule has 152 valence electrons. The molecular formula is C21H22FN3O3S. The molecule has 8 heteroatoms. The molecule has 1 aromatic carbocycles. The molecule has 4 rings (SSSR count). The van der Waals surface area contributed by atoms with Gasteiger partial charge in [-0.05, 0) is 49.4 Å². The fourth-order valence-electron chi connectivity index (χ4n) is 3.75. The average Bonchev–Trinajstić information content (AvgIpc) is 3.27. The molecule has 29 heavy (non-hydrogen) atoms. The highest BCUT2D eigenvalue weighted by molar-refractivity contribution is 7.18. The molecule has 2 aromatic heterocycles. The van der Waals surface area contributed by atoms with Crippen LogP contribution in [0.15, 0.2) is 23.0 Å². The van der Waals surface area contributed by atoms with E-state index in [1.165, 1.54) is 24.1 Å². The molecule has 1 atom stereocenters. The number of ether oxygens (including phenoxy) is 1. The maximum atomic E-state index is 13.9. The average molecular weight is 415 g/mol. The van der Waals surface area contributed by atoms with Gasteiger partial charge in [0, 0.05) is 17.7 Å². The molecule has 0 aliphatic heterocycles. The summed E-state index contributed by atoms with van der Waals surface area (Å²) in [5.74, 6) is 0.0205. The van der Waals surface area contributed by atoms with Gasteiger partial charge in [-0.15, -0.1) is 11.3 Å². The van der Waals surface area contributed by atoms with Crippen molar-refractivity contribution in [2.45, 2.75) is 45.1 Å². The SMILES string of the molecule is COc1ccc([C@@H](C)NC(=O)CCc2nc3sc4c(c3c(=O)[nH]2)CCC4)cc1F. The minimum absolute atomic E-state index is 0.119. The summed E-state index contributed by atoms with van der Waals surface area (Å²) < 4.78 is 18.8. The van der Waals surface area contributed by atoms with E-state index >= 15 is 0 Å². The first-order valence-electron chi connectivity index (χ1n) is 9.62. The second kappa shape index (κ2) is 7.94. The van der Waals surface area contributed by atoms with Gasteiger partial charge in [0.2, 0.25) is 5.91 Å². The van der Waals surface area contributed by atoms with Crippen LogP contribution >= 0.6 is 11.3 Å². The van der Waals surface area contributed by atoms with E-state index in [0.717, 1.165) is 29.7 Å². The number of halogens is 1. The summed E-state index contributed by atoms with van der Waals surface area (Å²) in [6, 6.07) is 4.26. The lowest BCUT2D eigenvalue weighted by Crippen LogP contribution is -2.27. The number of methoxy groups -OCH3 is 1. The van der Waals surface area contributed by atoms with Gasteiger partial charge in [0.25, 0.3) is 5.56 Å². The summed E-state index contributed by atoms with van der Waals surface area (Å²) in [7, 11) is 1.41. The van der Waals surface area contributed by atoms with Crippen LogP contribution in [0.4, 0.5) is 4.39 Å². The Labute approximate surface area is 171 Å². The van der Waals surface area contributed by atoms with Gasteiger partial charge in [0.1, 0.15) is 10.7 Å². The molecule has 6 nitrogen and oxygen atoms in total. The van der Waals surface area contributed by atoms with Gasteiger partial charge in [-0.3, -0.25) is 9.59 Å². The maximum Gasteiger partial charge on any atom is 0.259 e. The van der Waals surface area contributed by atoms with Crippen LogP contribution in [0.3, 0.4) is 0 Å². The lowest BCUT2D eigenvalue weighted by Gasteiger charge is -2.15. The summed E-state index contributed by atoms with van der Waals surface area (Å²) >= 11 is 1.58. The molecule has 0 radical (unpaired) electrons. The Morgan fingerprint density at radius 2 is 2.24 bits per heavy atom. The molecule has 0 spiro atoms. The first kappa shape index (κ1) is 19.6. The topological polar surface area (TPSA) is 84.1 Å². The fourth-order valence-corrected chi connectivity index (χ4v) is 5.03. The summed E-state index contributed by atoms with van der Waals surface area (Å²) in [6.45, 7) is 1.79. The number of hydrogen-bond donors (Lipinski definition) is 2. The number of benzene rings is 1. The Kier molecular flexibility index (Phi) is 5.36. The van der Waals surface area contributed by atoms with Crippen LogP contribution in [0.2, 0.25) is 0 Å². The van der Waals surface area contributed by atoms with E-state index in [1.807, 2.05) is 0 Å². The number of aryl methyl sites for hydroxylation is 3. The number of nitrogens with one attached hydrogen (secondary N) is 2. The molecule has 0 unspecified atom stereocenters. The van der Waals surface area contributed by atoms with Crippen LogP contribution in [0.25, 0.3) is 10.2 Å². The van der Waals surface area contributed by atoms with Crippen LogP contribution in [0.1, 0.15) is 47.6 Å². The summed E-state index contributed by atoms with van der Waals surface area (Å²) in [6.07, 6.45) is 3.56. The zero-order valence-corrected chi connectivity index (χ0v) is 17.1. The third kappa shape index (κ3) is 3.89. The highest BCUT2D eigenvalue weighted by Gasteiger charge is 2.21. The van der Waals surface area contributed by atoms with Gasteiger partial charge in [-0.25, -0.2) is 9.37 Å². The lowest BCUT2D eigenvalue weighted by molar-refractivity contribution is -0.121. The first-order chi connectivity index (χ1) is 14.0. The molecule has 1 amide bonds. The van der Waals surface area contributed by atoms with E-state index in [9.17, 15) is 14.0 Å². The number of aromatic nitrogens is 2. The van der Waals surface area contributed by atoms with E-state index in [4.69, 9.17) is 4.74 Å². The number of carbonyl (C=O) groups is 1. The Morgan fingerprint density at radius 1 is 1.41 bits per heavy atom. The summed E-state index contributed by atoms with van der Waals surface area (Å²) in [5.41, 5.74) is 1.67. The third-order valence-corrected chi connectivity index (χ3v) is 6.45. The molecular weight excluding hydrogens is 393 g/mol. The largest absolute Gasteiger partial charge is 0.494 e. The Hall–Kier alpha value is -2.74. The number of fused-ring (bicyclic) bond motifs is 3. The third-order valence-electron chi connectivity index (χ3n) is 5.27. The molecule has 0 saturated heterocycles. The Bertz CT molecular complexity index is 1140. The van der Waals surface area contributed by atoms with E-state index < -0.39 is 5.82 Å². The number of H-pyrrole nitrogens is 1. The van der Waals surface area contributed by atoms with E-state index in [1.54, 1.807) is 24.3 Å². The number of nitrogens with zero attached hydrogens (tertiary/aromatic N) is 1. The minimum atomic E-state index is -0.468. The van der Waals surface area contributed by atoms with Crippen molar-refractivity contribution >= 4 is 27.5 Å². The van der Waals surface area contributed by atoms with Crippen molar-refractivity contribution in [3.63, 3.8) is 0 Å². The maximum absolute atomic E-state index is 13.9. The van der Waals surface area contributed by atoms with Crippen LogP contribution in [0.5, 0.6) is 5.75 Å². The quantitative estimate of drug-likeness (QED) is 0.646. The van der Waals surface area contributed by atoms with Gasteiger partial charge in [-0.2, -0.15) is 0 Å². The number of hydrogen-bond acceptors (Lipinski definition) is 5. The number of amides is 1. The van der Waals surface area contributed by atoms with Crippen molar-refractivity contribution in [3.8, 4) is 5.75 Å². The highest BCUT2D eigenvalue weighted by Crippen LogP contribution is 2.34. The van der Waals surface area contributed by atoms with Crippen molar-refractivity contribution in [1.82, 2.24) is 15.3 Å². The second-order valence-corrected chi connectivity index (χ2v) is 8.32. The van der Waals surface area contributed by atoms with E-state index in [2.05, 4.69) is 15.3 Å². The highest BCUT2D eigenvalue weighted by atomic mass is 32.1. The standard InChI is InChI=1S/C21H22FN3O3S/c1-11(12-6-7-15(28-2)14(22)10-12)23-18(26)9-8-17-24-20(27)19-13-4-3-5-16(13)29-21(19)25-17/h6-7,10-11H,3-5,8-9H2,1-2H3,(H,23,26)(H,24,25,27)/t11-/m1/s1. The fraction of sp³-hybridized carbons (Fsp3) is 0.381. The van der Waals surface area contributed by atoms with Gasteiger partial charge in [0.05, 0.1) is 18.5 Å². The Balaban J connectivity index is 1.40. The van der Waals surface area contributed by atoms with Crippen LogP contribution in [-0.2, 0) is 24.1 Å². The van der Waals surface area contributed by atoms with Crippen molar-refractivity contribution in [2.75, 3.05) is 7.11 Å². The van der Waals surface area contributed by atoms with Crippen LogP contribution in [-0.4, -0.2) is 23.0 Å².